The van der Waals surface area contributed by atoms with Gasteiger partial charge in [-0.15, -0.1) is 0 Å². The number of sulfonamides is 1. The fraction of sp³-hybridized carbons (Fsp3) is 1.00. The van der Waals surface area contributed by atoms with E-state index in [1.807, 2.05) is 13.8 Å². The Morgan fingerprint density at radius 3 is 2.52 bits per heavy atom. The van der Waals surface area contributed by atoms with Crippen LogP contribution in [0.1, 0.15) is 58.8 Å². The number of hydrogen-bond acceptors (Lipinski definition) is 4. The molecule has 1 heterocycles. The molecule has 0 spiro atoms. The van der Waals surface area contributed by atoms with Gasteiger partial charge in [-0.05, 0) is 45.6 Å². The van der Waals surface area contributed by atoms with Crippen LogP contribution in [-0.2, 0) is 10.0 Å². The van der Waals surface area contributed by atoms with Crippen LogP contribution in [0.5, 0.6) is 0 Å². The van der Waals surface area contributed by atoms with Gasteiger partial charge in [0.05, 0.1) is 10.9 Å². The van der Waals surface area contributed by atoms with E-state index in [1.165, 1.54) is 0 Å². The van der Waals surface area contributed by atoms with Crippen molar-refractivity contribution in [2.75, 3.05) is 19.6 Å². The van der Waals surface area contributed by atoms with Crippen molar-refractivity contribution >= 4 is 10.0 Å². The smallest absolute Gasteiger partial charge is 0.215 e. The molecule has 21 heavy (non-hydrogen) atoms. The van der Waals surface area contributed by atoms with Crippen LogP contribution in [0.15, 0.2) is 0 Å². The van der Waals surface area contributed by atoms with Gasteiger partial charge in [-0.3, -0.25) is 4.90 Å². The van der Waals surface area contributed by atoms with Gasteiger partial charge < -0.3 is 5.11 Å². The first-order valence-electron chi connectivity index (χ1n) is 8.28. The molecule has 0 aromatic carbocycles. The molecule has 2 atom stereocenters. The first kappa shape index (κ1) is 17.2. The Morgan fingerprint density at radius 2 is 1.90 bits per heavy atom. The van der Waals surface area contributed by atoms with E-state index < -0.39 is 15.6 Å². The number of aliphatic hydroxyl groups is 1. The van der Waals surface area contributed by atoms with Crippen LogP contribution in [-0.4, -0.2) is 55.0 Å². The van der Waals surface area contributed by atoms with Gasteiger partial charge in [-0.25, -0.2) is 13.1 Å². The standard InChI is InChI=1S/C15H30N2O3S/c1-3-15(2,18)12-17-10-6-9-14(11-17)21(19,20)16-13-7-4-5-8-13/h13-14,16,18H,3-12H2,1-2H3. The van der Waals surface area contributed by atoms with Gasteiger partial charge in [0, 0.05) is 19.1 Å². The van der Waals surface area contributed by atoms with Crippen molar-refractivity contribution < 1.29 is 13.5 Å². The van der Waals surface area contributed by atoms with Crippen LogP contribution in [0.2, 0.25) is 0 Å². The van der Waals surface area contributed by atoms with Crippen molar-refractivity contribution in [1.29, 1.82) is 0 Å². The molecule has 0 radical (unpaired) electrons. The predicted octanol–water partition coefficient (Wildman–Crippen LogP) is 1.47. The maximum Gasteiger partial charge on any atom is 0.215 e. The molecule has 6 heteroatoms. The molecule has 0 amide bonds. The summed E-state index contributed by atoms with van der Waals surface area (Å²) >= 11 is 0. The van der Waals surface area contributed by atoms with E-state index in [0.717, 1.165) is 45.1 Å². The van der Waals surface area contributed by atoms with Crippen molar-refractivity contribution in [1.82, 2.24) is 9.62 Å². The van der Waals surface area contributed by atoms with Crippen molar-refractivity contribution in [2.45, 2.75) is 75.7 Å². The summed E-state index contributed by atoms with van der Waals surface area (Å²) in [5, 5.41) is 9.85. The largest absolute Gasteiger partial charge is 0.389 e. The highest BCUT2D eigenvalue weighted by molar-refractivity contribution is 7.90. The van der Waals surface area contributed by atoms with Crippen LogP contribution in [0.4, 0.5) is 0 Å². The lowest BCUT2D eigenvalue weighted by Gasteiger charge is -2.37. The summed E-state index contributed by atoms with van der Waals surface area (Å²) in [6.07, 6.45) is 6.50. The third-order valence-electron chi connectivity index (χ3n) is 4.91. The molecule has 1 saturated heterocycles. The first-order valence-corrected chi connectivity index (χ1v) is 9.83. The average molecular weight is 318 g/mol. The van der Waals surface area contributed by atoms with E-state index in [0.29, 0.717) is 19.5 Å². The zero-order valence-electron chi connectivity index (χ0n) is 13.3. The van der Waals surface area contributed by atoms with E-state index in [1.54, 1.807) is 0 Å². The number of rotatable bonds is 6. The summed E-state index contributed by atoms with van der Waals surface area (Å²) in [6, 6.07) is 0.143. The fourth-order valence-corrected chi connectivity index (χ4v) is 5.15. The SMILES string of the molecule is CCC(C)(O)CN1CCCC(S(=O)(=O)NC2CCCC2)C1. The molecule has 0 bridgehead atoms. The summed E-state index contributed by atoms with van der Waals surface area (Å²) in [5.74, 6) is 0. The Kier molecular flexibility index (Phi) is 5.68. The number of likely N-dealkylation sites (tertiary alicyclic amines) is 1. The van der Waals surface area contributed by atoms with Gasteiger partial charge >= 0.3 is 0 Å². The van der Waals surface area contributed by atoms with Gasteiger partial charge in [0.15, 0.2) is 0 Å². The van der Waals surface area contributed by atoms with Gasteiger partial charge in [0.1, 0.15) is 0 Å². The van der Waals surface area contributed by atoms with E-state index >= 15 is 0 Å². The molecule has 1 saturated carbocycles. The Morgan fingerprint density at radius 1 is 1.24 bits per heavy atom. The minimum absolute atomic E-state index is 0.143. The molecular formula is C15H30N2O3S. The third kappa shape index (κ3) is 4.91. The topological polar surface area (TPSA) is 69.6 Å². The van der Waals surface area contributed by atoms with Gasteiger partial charge in [-0.1, -0.05) is 19.8 Å². The van der Waals surface area contributed by atoms with Crippen LogP contribution in [0, 0.1) is 0 Å². The maximum absolute atomic E-state index is 12.5. The number of hydrogen-bond donors (Lipinski definition) is 2. The molecule has 1 aliphatic carbocycles. The highest BCUT2D eigenvalue weighted by atomic mass is 32.2. The molecule has 0 aromatic heterocycles. The van der Waals surface area contributed by atoms with Gasteiger partial charge in [-0.2, -0.15) is 0 Å². The van der Waals surface area contributed by atoms with E-state index in [4.69, 9.17) is 0 Å². The summed E-state index contributed by atoms with van der Waals surface area (Å²) in [4.78, 5) is 2.10. The van der Waals surface area contributed by atoms with Gasteiger partial charge in [0.25, 0.3) is 0 Å². The number of nitrogens with zero attached hydrogens (tertiary/aromatic N) is 1. The second kappa shape index (κ2) is 6.94. The van der Waals surface area contributed by atoms with Crippen LogP contribution >= 0.6 is 0 Å². The Labute approximate surface area is 129 Å². The highest BCUT2D eigenvalue weighted by Gasteiger charge is 2.34. The number of β-amino-alcohol motifs (C(OH)–C–C–N with tert-alkyl or cyclic N) is 1. The lowest BCUT2D eigenvalue weighted by molar-refractivity contribution is 0.0116. The summed E-state index contributed by atoms with van der Waals surface area (Å²) in [7, 11) is -3.24. The fourth-order valence-electron chi connectivity index (χ4n) is 3.38. The minimum atomic E-state index is -3.24. The Balaban J connectivity index is 1.93. The van der Waals surface area contributed by atoms with Crippen LogP contribution < -0.4 is 4.72 Å². The first-order chi connectivity index (χ1) is 9.82. The second-order valence-corrected chi connectivity index (χ2v) is 8.99. The van der Waals surface area contributed by atoms with E-state index in [2.05, 4.69) is 9.62 Å². The summed E-state index contributed by atoms with van der Waals surface area (Å²) in [6.45, 7) is 5.75. The molecule has 2 rings (SSSR count). The second-order valence-electron chi connectivity index (χ2n) is 6.99. The normalized spacial score (nSPS) is 28.6. The van der Waals surface area contributed by atoms with Crippen molar-refractivity contribution in [2.24, 2.45) is 0 Å². The Hall–Kier alpha value is -0.170. The molecule has 5 nitrogen and oxygen atoms in total. The summed E-state index contributed by atoms with van der Waals surface area (Å²) in [5.41, 5.74) is -0.732. The quantitative estimate of drug-likeness (QED) is 0.778. The molecule has 2 unspecified atom stereocenters. The van der Waals surface area contributed by atoms with Crippen molar-refractivity contribution in [3.05, 3.63) is 0 Å². The van der Waals surface area contributed by atoms with Crippen LogP contribution in [0.3, 0.4) is 0 Å². The average Bonchev–Trinajstić information content (AvgIpc) is 2.91. The molecular weight excluding hydrogens is 288 g/mol. The van der Waals surface area contributed by atoms with Gasteiger partial charge in [0.2, 0.25) is 10.0 Å². The molecule has 0 aromatic rings. The lowest BCUT2D eigenvalue weighted by Crippen LogP contribution is -2.51. The van der Waals surface area contributed by atoms with E-state index in [-0.39, 0.29) is 11.3 Å². The minimum Gasteiger partial charge on any atom is -0.389 e. The predicted molar refractivity (Wildman–Crippen MR) is 84.7 cm³/mol. The number of nitrogens with one attached hydrogen (secondary N) is 1. The van der Waals surface area contributed by atoms with Crippen molar-refractivity contribution in [3.8, 4) is 0 Å². The molecule has 2 aliphatic rings. The highest BCUT2D eigenvalue weighted by Crippen LogP contribution is 2.23. The van der Waals surface area contributed by atoms with Crippen molar-refractivity contribution in [3.63, 3.8) is 0 Å². The molecule has 2 fully saturated rings. The molecule has 1 aliphatic heterocycles. The third-order valence-corrected chi connectivity index (χ3v) is 6.84. The Bertz CT molecular complexity index is 430. The molecule has 2 N–H and O–H groups in total. The van der Waals surface area contributed by atoms with Crippen LogP contribution in [0.25, 0.3) is 0 Å². The lowest BCUT2D eigenvalue weighted by atomic mass is 10.0. The monoisotopic (exact) mass is 318 g/mol. The maximum atomic E-state index is 12.5. The van der Waals surface area contributed by atoms with E-state index in [9.17, 15) is 13.5 Å². The zero-order valence-corrected chi connectivity index (χ0v) is 14.2. The summed E-state index contributed by atoms with van der Waals surface area (Å²) < 4.78 is 27.9. The zero-order chi connectivity index (χ0) is 15.5. The number of piperidine rings is 1. The molecule has 124 valence electrons.